The van der Waals surface area contributed by atoms with Crippen molar-refractivity contribution in [2.24, 2.45) is 0 Å². The van der Waals surface area contributed by atoms with E-state index in [1.54, 1.807) is 0 Å². The van der Waals surface area contributed by atoms with Crippen molar-refractivity contribution in [3.8, 4) is 0 Å². The lowest BCUT2D eigenvalue weighted by Gasteiger charge is -2.14. The van der Waals surface area contributed by atoms with E-state index >= 15 is 0 Å². The number of hydrogen-bond donors (Lipinski definition) is 0. The lowest BCUT2D eigenvalue weighted by molar-refractivity contribution is 0.375. The van der Waals surface area contributed by atoms with Gasteiger partial charge in [0.2, 0.25) is 5.89 Å². The molecule has 7 heteroatoms. The predicted molar refractivity (Wildman–Crippen MR) is 92.2 cm³/mol. The van der Waals surface area contributed by atoms with E-state index < -0.39 is 0 Å². The summed E-state index contributed by atoms with van der Waals surface area (Å²) in [5.41, 5.74) is 0.770. The molecule has 1 aromatic carbocycles. The van der Waals surface area contributed by atoms with Gasteiger partial charge in [-0.15, -0.1) is 0 Å². The number of aromatic nitrogens is 4. The van der Waals surface area contributed by atoms with Gasteiger partial charge in [0.25, 0.3) is 5.56 Å². The van der Waals surface area contributed by atoms with Gasteiger partial charge in [0.05, 0.1) is 16.2 Å². The Morgan fingerprint density at radius 3 is 2.83 bits per heavy atom. The van der Waals surface area contributed by atoms with Crippen molar-refractivity contribution in [2.45, 2.75) is 49.6 Å². The summed E-state index contributed by atoms with van der Waals surface area (Å²) in [6.07, 6.45) is 2.80. The van der Waals surface area contributed by atoms with Crippen LogP contribution in [-0.2, 0) is 6.42 Å². The first-order valence-corrected chi connectivity index (χ1v) is 9.05. The molecular formula is C17H18N4O2S. The minimum absolute atomic E-state index is 0.0394. The first kappa shape index (κ1) is 15.4. The van der Waals surface area contributed by atoms with Gasteiger partial charge in [-0.25, -0.2) is 4.98 Å². The van der Waals surface area contributed by atoms with Crippen molar-refractivity contribution in [3.05, 3.63) is 46.3 Å². The van der Waals surface area contributed by atoms with E-state index in [1.165, 1.54) is 11.8 Å². The Hall–Kier alpha value is -2.15. The summed E-state index contributed by atoms with van der Waals surface area (Å²) >= 11 is 1.50. The maximum Gasteiger partial charge on any atom is 0.262 e. The smallest absolute Gasteiger partial charge is 0.262 e. The maximum absolute atomic E-state index is 12.9. The molecule has 1 unspecified atom stereocenters. The first-order valence-electron chi connectivity index (χ1n) is 8.17. The third-order valence-corrected chi connectivity index (χ3v) is 5.17. The SMILES string of the molecule is CCc1noc(C(C)Sc2nc3ccccc3c(=O)n2C2CC2)n1. The highest BCUT2D eigenvalue weighted by Crippen LogP contribution is 2.40. The van der Waals surface area contributed by atoms with Gasteiger partial charge in [-0.1, -0.05) is 36.0 Å². The van der Waals surface area contributed by atoms with Crippen molar-refractivity contribution >= 4 is 22.7 Å². The van der Waals surface area contributed by atoms with Crippen LogP contribution in [0, 0.1) is 0 Å². The largest absolute Gasteiger partial charge is 0.338 e. The van der Waals surface area contributed by atoms with Gasteiger partial charge in [-0.05, 0) is 31.9 Å². The van der Waals surface area contributed by atoms with Crippen LogP contribution in [0.2, 0.25) is 0 Å². The Morgan fingerprint density at radius 2 is 2.12 bits per heavy atom. The molecule has 2 aromatic heterocycles. The fraction of sp³-hybridized carbons (Fsp3) is 0.412. The summed E-state index contributed by atoms with van der Waals surface area (Å²) in [7, 11) is 0. The van der Waals surface area contributed by atoms with Gasteiger partial charge in [-0.2, -0.15) is 4.98 Å². The number of hydrogen-bond acceptors (Lipinski definition) is 6. The van der Waals surface area contributed by atoms with Crippen LogP contribution in [0.4, 0.5) is 0 Å². The first-order chi connectivity index (χ1) is 11.7. The van der Waals surface area contributed by atoms with Crippen LogP contribution in [0.1, 0.15) is 49.7 Å². The Labute approximate surface area is 143 Å². The van der Waals surface area contributed by atoms with Gasteiger partial charge in [0.15, 0.2) is 11.0 Å². The summed E-state index contributed by atoms with van der Waals surface area (Å²) in [6.45, 7) is 3.98. The molecule has 1 atom stereocenters. The van der Waals surface area contributed by atoms with Gasteiger partial charge < -0.3 is 4.52 Å². The highest BCUT2D eigenvalue weighted by molar-refractivity contribution is 7.99. The molecule has 4 rings (SSSR count). The van der Waals surface area contributed by atoms with Crippen LogP contribution in [0.25, 0.3) is 10.9 Å². The number of thioether (sulfide) groups is 1. The molecule has 0 amide bonds. The molecule has 1 saturated carbocycles. The van der Waals surface area contributed by atoms with E-state index in [0.717, 1.165) is 29.9 Å². The van der Waals surface area contributed by atoms with Gasteiger partial charge in [0, 0.05) is 12.5 Å². The molecule has 0 spiro atoms. The topological polar surface area (TPSA) is 73.8 Å². The molecular weight excluding hydrogens is 324 g/mol. The van der Waals surface area contributed by atoms with Crippen LogP contribution in [-0.4, -0.2) is 19.7 Å². The van der Waals surface area contributed by atoms with E-state index in [-0.39, 0.29) is 16.9 Å². The second kappa shape index (κ2) is 6.05. The third-order valence-electron chi connectivity index (χ3n) is 4.12. The third kappa shape index (κ3) is 2.73. The quantitative estimate of drug-likeness (QED) is 0.522. The molecule has 0 radical (unpaired) electrons. The zero-order valence-corrected chi connectivity index (χ0v) is 14.4. The Balaban J connectivity index is 1.75. The zero-order chi connectivity index (χ0) is 16.7. The second-order valence-electron chi connectivity index (χ2n) is 5.98. The lowest BCUT2D eigenvalue weighted by atomic mass is 10.2. The minimum atomic E-state index is -0.0594. The Bertz CT molecular complexity index is 945. The molecule has 6 nitrogen and oxygen atoms in total. The molecule has 24 heavy (non-hydrogen) atoms. The molecule has 124 valence electrons. The lowest BCUT2D eigenvalue weighted by Crippen LogP contribution is -2.22. The predicted octanol–water partition coefficient (Wildman–Crippen LogP) is 3.53. The molecule has 0 N–H and O–H groups in total. The minimum Gasteiger partial charge on any atom is -0.338 e. The molecule has 1 fully saturated rings. The molecule has 3 aromatic rings. The number of benzene rings is 1. The van der Waals surface area contributed by atoms with Crippen molar-refractivity contribution in [1.29, 1.82) is 0 Å². The summed E-state index contributed by atoms with van der Waals surface area (Å²) in [4.78, 5) is 22.0. The second-order valence-corrected chi connectivity index (χ2v) is 7.29. The van der Waals surface area contributed by atoms with Crippen molar-refractivity contribution in [2.75, 3.05) is 0 Å². The number of fused-ring (bicyclic) bond motifs is 1. The molecule has 1 aliphatic carbocycles. The molecule has 1 aliphatic rings. The fourth-order valence-corrected chi connectivity index (χ4v) is 3.66. The van der Waals surface area contributed by atoms with E-state index in [9.17, 15) is 4.79 Å². The van der Waals surface area contributed by atoms with Crippen molar-refractivity contribution in [3.63, 3.8) is 0 Å². The summed E-state index contributed by atoms with van der Waals surface area (Å²) < 4.78 is 7.16. The van der Waals surface area contributed by atoms with Crippen LogP contribution >= 0.6 is 11.8 Å². The monoisotopic (exact) mass is 342 g/mol. The fourth-order valence-electron chi connectivity index (χ4n) is 2.65. The van der Waals surface area contributed by atoms with Gasteiger partial charge in [0.1, 0.15) is 0 Å². The van der Waals surface area contributed by atoms with Crippen LogP contribution in [0.5, 0.6) is 0 Å². The van der Waals surface area contributed by atoms with Crippen LogP contribution in [0.3, 0.4) is 0 Å². The van der Waals surface area contributed by atoms with E-state index in [0.29, 0.717) is 17.1 Å². The average Bonchev–Trinajstić information content (AvgIpc) is 3.30. The Kier molecular flexibility index (Phi) is 3.88. The van der Waals surface area contributed by atoms with Crippen LogP contribution in [0.15, 0.2) is 38.7 Å². The highest BCUT2D eigenvalue weighted by atomic mass is 32.2. The maximum atomic E-state index is 12.9. The van der Waals surface area contributed by atoms with Gasteiger partial charge >= 0.3 is 0 Å². The molecule has 0 aliphatic heterocycles. The number of rotatable bonds is 5. The highest BCUT2D eigenvalue weighted by Gasteiger charge is 2.30. The molecule has 0 saturated heterocycles. The van der Waals surface area contributed by atoms with Crippen molar-refractivity contribution < 1.29 is 4.52 Å². The van der Waals surface area contributed by atoms with E-state index in [4.69, 9.17) is 9.51 Å². The number of para-hydroxylation sites is 1. The normalized spacial score (nSPS) is 15.8. The number of aryl methyl sites for hydroxylation is 1. The summed E-state index contributed by atoms with van der Waals surface area (Å²) in [5, 5.41) is 5.29. The molecule has 0 bridgehead atoms. The summed E-state index contributed by atoms with van der Waals surface area (Å²) in [6, 6.07) is 7.76. The summed E-state index contributed by atoms with van der Waals surface area (Å²) in [5.74, 6) is 1.27. The van der Waals surface area contributed by atoms with Gasteiger partial charge in [-0.3, -0.25) is 9.36 Å². The Morgan fingerprint density at radius 1 is 1.33 bits per heavy atom. The van der Waals surface area contributed by atoms with Crippen LogP contribution < -0.4 is 5.56 Å². The molecule has 2 heterocycles. The standard InChI is InChI=1S/C17H18N4O2S/c1-3-14-19-15(23-20-14)10(2)24-17-18-13-7-5-4-6-12(13)16(22)21(17)11-8-9-11/h4-7,10-11H,3,8-9H2,1-2H3. The van der Waals surface area contributed by atoms with Crippen molar-refractivity contribution in [1.82, 2.24) is 19.7 Å². The van der Waals surface area contributed by atoms with E-state index in [2.05, 4.69) is 10.1 Å². The number of nitrogens with zero attached hydrogens (tertiary/aromatic N) is 4. The average molecular weight is 342 g/mol. The van der Waals surface area contributed by atoms with E-state index in [1.807, 2.05) is 42.7 Å². The zero-order valence-electron chi connectivity index (χ0n) is 13.6.